The molecule has 5 nitrogen and oxygen atoms in total. The third-order valence-corrected chi connectivity index (χ3v) is 3.09. The summed E-state index contributed by atoms with van der Waals surface area (Å²) < 4.78 is 5.64. The number of ether oxygens (including phenoxy) is 1. The lowest BCUT2D eigenvalue weighted by atomic mass is 10.1. The van der Waals surface area contributed by atoms with Crippen LogP contribution in [-0.2, 0) is 6.61 Å². The van der Waals surface area contributed by atoms with Crippen LogP contribution < -0.4 is 10.5 Å². The van der Waals surface area contributed by atoms with Gasteiger partial charge in [0.25, 0.3) is 0 Å². The number of rotatable bonds is 4. The van der Waals surface area contributed by atoms with Crippen LogP contribution in [0.15, 0.2) is 48.5 Å². The number of nitrogen functional groups attached to an aromatic ring is 1. The fraction of sp³-hybridized carbons (Fsp3) is 0.125. The molecule has 3 rings (SSSR count). The highest BCUT2D eigenvalue weighted by molar-refractivity contribution is 5.55. The molecule has 0 amide bonds. The Labute approximate surface area is 122 Å². The number of nitrogens with zero attached hydrogens (tertiary/aromatic N) is 2. The normalized spacial score (nSPS) is 10.5. The minimum absolute atomic E-state index is 0.299. The molecule has 5 heteroatoms. The van der Waals surface area contributed by atoms with Crippen molar-refractivity contribution in [2.24, 2.45) is 0 Å². The molecule has 2 aromatic carbocycles. The highest BCUT2D eigenvalue weighted by Crippen LogP contribution is 2.21. The van der Waals surface area contributed by atoms with Crippen LogP contribution in [0.2, 0.25) is 0 Å². The van der Waals surface area contributed by atoms with E-state index in [1.165, 1.54) is 5.56 Å². The number of anilines is 1. The number of aromatic nitrogens is 3. The quantitative estimate of drug-likeness (QED) is 0.720. The Bertz CT molecular complexity index is 751. The molecule has 0 bridgehead atoms. The van der Waals surface area contributed by atoms with E-state index in [9.17, 15) is 0 Å². The van der Waals surface area contributed by atoms with Gasteiger partial charge in [-0.25, -0.2) is 4.98 Å². The number of nitrogens with one attached hydrogen (secondary N) is 1. The lowest BCUT2D eigenvalue weighted by molar-refractivity contribution is 0.298. The summed E-state index contributed by atoms with van der Waals surface area (Å²) in [6.07, 6.45) is 0. The molecule has 0 saturated heterocycles. The maximum atomic E-state index is 5.83. The second-order valence-corrected chi connectivity index (χ2v) is 4.80. The highest BCUT2D eigenvalue weighted by atomic mass is 16.5. The maximum Gasteiger partial charge on any atom is 0.181 e. The minimum Gasteiger partial charge on any atom is -0.483 e. The van der Waals surface area contributed by atoms with Gasteiger partial charge in [-0.05, 0) is 25.1 Å². The zero-order valence-corrected chi connectivity index (χ0v) is 11.7. The second kappa shape index (κ2) is 5.66. The summed E-state index contributed by atoms with van der Waals surface area (Å²) in [4.78, 5) is 4.43. The Morgan fingerprint density at radius 3 is 2.81 bits per heavy atom. The van der Waals surface area contributed by atoms with E-state index in [1.807, 2.05) is 49.4 Å². The molecule has 21 heavy (non-hydrogen) atoms. The van der Waals surface area contributed by atoms with E-state index in [0.717, 1.165) is 5.56 Å². The van der Waals surface area contributed by atoms with Gasteiger partial charge in [0.1, 0.15) is 12.4 Å². The summed E-state index contributed by atoms with van der Waals surface area (Å²) in [5, 5.41) is 7.10. The van der Waals surface area contributed by atoms with E-state index in [-0.39, 0.29) is 0 Å². The first-order valence-electron chi connectivity index (χ1n) is 6.68. The van der Waals surface area contributed by atoms with Gasteiger partial charge in [-0.1, -0.05) is 35.9 Å². The van der Waals surface area contributed by atoms with Crippen LogP contribution in [0.3, 0.4) is 0 Å². The third kappa shape index (κ3) is 3.02. The van der Waals surface area contributed by atoms with E-state index in [1.54, 1.807) is 6.07 Å². The van der Waals surface area contributed by atoms with Crippen molar-refractivity contribution < 1.29 is 4.74 Å². The van der Waals surface area contributed by atoms with Crippen LogP contribution in [0.25, 0.3) is 11.4 Å². The molecule has 0 radical (unpaired) electrons. The average molecular weight is 280 g/mol. The fourth-order valence-corrected chi connectivity index (χ4v) is 2.03. The predicted molar refractivity (Wildman–Crippen MR) is 81.7 cm³/mol. The molecule has 1 heterocycles. The zero-order chi connectivity index (χ0) is 14.7. The van der Waals surface area contributed by atoms with Crippen LogP contribution in [0.5, 0.6) is 5.75 Å². The van der Waals surface area contributed by atoms with Crippen LogP contribution in [0, 0.1) is 6.92 Å². The molecule has 0 fully saturated rings. The first kappa shape index (κ1) is 13.2. The van der Waals surface area contributed by atoms with Crippen LogP contribution in [0.4, 0.5) is 5.69 Å². The number of hydrogen-bond donors (Lipinski definition) is 2. The molecular formula is C16H16N4O. The number of benzene rings is 2. The van der Waals surface area contributed by atoms with Crippen molar-refractivity contribution in [2.45, 2.75) is 13.5 Å². The third-order valence-electron chi connectivity index (χ3n) is 3.09. The van der Waals surface area contributed by atoms with Gasteiger partial charge in [0.05, 0.1) is 5.69 Å². The smallest absolute Gasteiger partial charge is 0.181 e. The second-order valence-electron chi connectivity index (χ2n) is 4.80. The van der Waals surface area contributed by atoms with E-state index in [2.05, 4.69) is 15.2 Å². The standard InChI is InChI=1S/C16H16N4O/c1-11-5-4-6-12(9-11)16-18-15(19-20-16)10-21-14-8-3-2-7-13(14)17/h2-9H,10,17H2,1H3,(H,18,19,20). The Morgan fingerprint density at radius 1 is 1.14 bits per heavy atom. The van der Waals surface area contributed by atoms with Crippen LogP contribution >= 0.6 is 0 Å². The highest BCUT2D eigenvalue weighted by Gasteiger charge is 2.07. The van der Waals surface area contributed by atoms with Gasteiger partial charge in [-0.2, -0.15) is 5.10 Å². The number of aryl methyl sites for hydroxylation is 1. The monoisotopic (exact) mass is 280 g/mol. The average Bonchev–Trinajstić information content (AvgIpc) is 2.95. The fourth-order valence-electron chi connectivity index (χ4n) is 2.03. The van der Waals surface area contributed by atoms with Gasteiger partial charge in [-0.3, -0.25) is 5.10 Å². The van der Waals surface area contributed by atoms with Crippen LogP contribution in [0.1, 0.15) is 11.4 Å². The lowest BCUT2D eigenvalue weighted by Gasteiger charge is -2.06. The van der Waals surface area contributed by atoms with Crippen molar-refractivity contribution in [2.75, 3.05) is 5.73 Å². The summed E-state index contributed by atoms with van der Waals surface area (Å²) in [6.45, 7) is 2.34. The van der Waals surface area contributed by atoms with Crippen molar-refractivity contribution in [3.8, 4) is 17.1 Å². The number of nitrogens with two attached hydrogens (primary N) is 1. The molecule has 0 saturated carbocycles. The molecular weight excluding hydrogens is 264 g/mol. The summed E-state index contributed by atoms with van der Waals surface area (Å²) in [5.74, 6) is 1.97. The van der Waals surface area contributed by atoms with Gasteiger partial charge in [-0.15, -0.1) is 0 Å². The molecule has 1 aromatic heterocycles. The Morgan fingerprint density at radius 2 is 2.00 bits per heavy atom. The molecule has 0 atom stereocenters. The molecule has 0 aliphatic heterocycles. The van der Waals surface area contributed by atoms with Gasteiger partial charge < -0.3 is 10.5 Å². The van der Waals surface area contributed by atoms with Crippen LogP contribution in [-0.4, -0.2) is 15.2 Å². The predicted octanol–water partition coefficient (Wildman–Crippen LogP) is 2.94. The molecule has 0 aliphatic rings. The number of para-hydroxylation sites is 2. The Balaban J connectivity index is 1.72. The van der Waals surface area contributed by atoms with E-state index < -0.39 is 0 Å². The summed E-state index contributed by atoms with van der Waals surface area (Å²) in [5.41, 5.74) is 8.59. The van der Waals surface area contributed by atoms with Gasteiger partial charge in [0.2, 0.25) is 0 Å². The molecule has 0 aliphatic carbocycles. The van der Waals surface area contributed by atoms with E-state index >= 15 is 0 Å². The lowest BCUT2D eigenvalue weighted by Crippen LogP contribution is -2.00. The molecule has 3 aromatic rings. The van der Waals surface area contributed by atoms with E-state index in [0.29, 0.717) is 29.7 Å². The first-order chi connectivity index (χ1) is 10.2. The molecule has 0 unspecified atom stereocenters. The largest absolute Gasteiger partial charge is 0.483 e. The zero-order valence-electron chi connectivity index (χ0n) is 11.7. The van der Waals surface area contributed by atoms with E-state index in [4.69, 9.17) is 10.5 Å². The summed E-state index contributed by atoms with van der Waals surface area (Å²) >= 11 is 0. The van der Waals surface area contributed by atoms with Gasteiger partial charge in [0.15, 0.2) is 11.6 Å². The Kier molecular flexibility index (Phi) is 3.55. The van der Waals surface area contributed by atoms with Crippen molar-refractivity contribution >= 4 is 5.69 Å². The summed E-state index contributed by atoms with van der Waals surface area (Å²) in [6, 6.07) is 15.4. The van der Waals surface area contributed by atoms with Crippen molar-refractivity contribution in [1.82, 2.24) is 15.2 Å². The van der Waals surface area contributed by atoms with Gasteiger partial charge >= 0.3 is 0 Å². The molecule has 0 spiro atoms. The number of aromatic amines is 1. The van der Waals surface area contributed by atoms with Crippen molar-refractivity contribution in [3.63, 3.8) is 0 Å². The SMILES string of the molecule is Cc1cccc(-c2n[nH]c(COc3ccccc3N)n2)c1. The minimum atomic E-state index is 0.299. The Hall–Kier alpha value is -2.82. The van der Waals surface area contributed by atoms with Gasteiger partial charge in [0, 0.05) is 5.56 Å². The van der Waals surface area contributed by atoms with Crippen molar-refractivity contribution in [1.29, 1.82) is 0 Å². The topological polar surface area (TPSA) is 76.8 Å². The summed E-state index contributed by atoms with van der Waals surface area (Å²) in [7, 11) is 0. The number of H-pyrrole nitrogens is 1. The maximum absolute atomic E-state index is 5.83. The number of hydrogen-bond acceptors (Lipinski definition) is 4. The molecule has 3 N–H and O–H groups in total. The first-order valence-corrected chi connectivity index (χ1v) is 6.68. The molecule has 106 valence electrons. The van der Waals surface area contributed by atoms with Crippen molar-refractivity contribution in [3.05, 3.63) is 59.9 Å².